The summed E-state index contributed by atoms with van der Waals surface area (Å²) in [5.41, 5.74) is 0.445. The molecular weight excluding hydrogens is 365 g/mol. The smallest absolute Gasteiger partial charge is 0.262 e. The Hall–Kier alpha value is -1.95. The van der Waals surface area contributed by atoms with Crippen molar-refractivity contribution in [2.45, 2.75) is 6.92 Å². The molecule has 0 fully saturated rings. The predicted octanol–water partition coefficient (Wildman–Crippen LogP) is 4.43. The molecule has 0 aromatic heterocycles. The number of anilines is 1. The second kappa shape index (κ2) is 10.1. The molecule has 25 heavy (non-hydrogen) atoms. The molecule has 0 atom stereocenters. The van der Waals surface area contributed by atoms with Gasteiger partial charge >= 0.3 is 0 Å². The number of amides is 1. The van der Waals surface area contributed by atoms with Gasteiger partial charge in [-0.1, -0.05) is 29.3 Å². The first kappa shape index (κ1) is 19.4. The summed E-state index contributed by atoms with van der Waals surface area (Å²) < 4.78 is 16.1. The van der Waals surface area contributed by atoms with E-state index in [1.807, 2.05) is 6.92 Å². The van der Waals surface area contributed by atoms with Crippen LogP contribution < -0.4 is 14.8 Å². The summed E-state index contributed by atoms with van der Waals surface area (Å²) in [6, 6.07) is 12.0. The summed E-state index contributed by atoms with van der Waals surface area (Å²) in [5, 5.41) is 3.33. The first-order chi connectivity index (χ1) is 12.1. The number of carbonyl (C=O) groups excluding carboxylic acids is 1. The molecule has 0 heterocycles. The van der Waals surface area contributed by atoms with Gasteiger partial charge in [0.05, 0.1) is 22.3 Å². The highest BCUT2D eigenvalue weighted by atomic mass is 35.5. The maximum Gasteiger partial charge on any atom is 0.262 e. The van der Waals surface area contributed by atoms with Crippen molar-refractivity contribution in [1.82, 2.24) is 0 Å². The van der Waals surface area contributed by atoms with Crippen LogP contribution in [0.3, 0.4) is 0 Å². The average Bonchev–Trinajstić information content (AvgIpc) is 2.62. The maximum atomic E-state index is 11.9. The van der Waals surface area contributed by atoms with Crippen molar-refractivity contribution in [1.29, 1.82) is 0 Å². The van der Waals surface area contributed by atoms with Gasteiger partial charge in [-0.15, -0.1) is 0 Å². The van der Waals surface area contributed by atoms with Crippen LogP contribution in [0.2, 0.25) is 10.0 Å². The van der Waals surface area contributed by atoms with Crippen molar-refractivity contribution >= 4 is 34.8 Å². The van der Waals surface area contributed by atoms with Crippen LogP contribution in [0.25, 0.3) is 0 Å². The summed E-state index contributed by atoms with van der Waals surface area (Å²) in [7, 11) is 0. The first-order valence-corrected chi connectivity index (χ1v) is 8.53. The van der Waals surface area contributed by atoms with Crippen LogP contribution in [-0.4, -0.2) is 32.3 Å². The summed E-state index contributed by atoms with van der Waals surface area (Å²) >= 11 is 11.9. The largest absolute Gasteiger partial charge is 0.491 e. The van der Waals surface area contributed by atoms with Crippen LogP contribution in [0.1, 0.15) is 6.92 Å². The molecule has 0 unspecified atom stereocenters. The molecule has 2 aromatic rings. The third-order valence-electron chi connectivity index (χ3n) is 3.12. The molecule has 0 aliphatic rings. The Kier molecular flexibility index (Phi) is 7.85. The topological polar surface area (TPSA) is 56.8 Å². The molecule has 1 N–H and O–H groups in total. The Morgan fingerprint density at radius 1 is 1.00 bits per heavy atom. The third kappa shape index (κ3) is 6.46. The van der Waals surface area contributed by atoms with Gasteiger partial charge in [0.15, 0.2) is 6.61 Å². The van der Waals surface area contributed by atoms with Crippen LogP contribution in [0.15, 0.2) is 42.5 Å². The number of carbonyl (C=O) groups is 1. The van der Waals surface area contributed by atoms with E-state index in [2.05, 4.69) is 5.32 Å². The number of hydrogen-bond donors (Lipinski definition) is 1. The van der Waals surface area contributed by atoms with E-state index >= 15 is 0 Å². The Morgan fingerprint density at radius 2 is 1.68 bits per heavy atom. The molecule has 1 amide bonds. The van der Waals surface area contributed by atoms with Gasteiger partial charge in [-0.3, -0.25) is 4.79 Å². The second-order valence-electron chi connectivity index (χ2n) is 4.96. The van der Waals surface area contributed by atoms with Gasteiger partial charge in [-0.25, -0.2) is 0 Å². The highest BCUT2D eigenvalue weighted by Crippen LogP contribution is 2.29. The minimum Gasteiger partial charge on any atom is -0.491 e. The van der Waals surface area contributed by atoms with Crippen molar-refractivity contribution in [3.63, 3.8) is 0 Å². The van der Waals surface area contributed by atoms with Crippen molar-refractivity contribution < 1.29 is 19.0 Å². The summed E-state index contributed by atoms with van der Waals surface area (Å²) in [4.78, 5) is 11.9. The first-order valence-electron chi connectivity index (χ1n) is 7.77. The molecule has 0 saturated carbocycles. The molecule has 5 nitrogen and oxygen atoms in total. The van der Waals surface area contributed by atoms with Gasteiger partial charge in [-0.2, -0.15) is 0 Å². The lowest BCUT2D eigenvalue weighted by Gasteiger charge is -2.10. The minimum absolute atomic E-state index is 0.145. The number of ether oxygens (including phenoxy) is 3. The Bertz CT molecular complexity index is 692. The average molecular weight is 384 g/mol. The lowest BCUT2D eigenvalue weighted by molar-refractivity contribution is -0.118. The van der Waals surface area contributed by atoms with Crippen molar-refractivity contribution in [3.05, 3.63) is 52.5 Å². The number of halogens is 2. The predicted molar refractivity (Wildman–Crippen MR) is 99.0 cm³/mol. The zero-order valence-electron chi connectivity index (χ0n) is 13.8. The van der Waals surface area contributed by atoms with E-state index in [1.54, 1.807) is 42.5 Å². The Labute approximate surface area is 156 Å². The number of benzene rings is 2. The van der Waals surface area contributed by atoms with E-state index in [9.17, 15) is 4.79 Å². The van der Waals surface area contributed by atoms with Crippen LogP contribution >= 0.6 is 23.2 Å². The summed E-state index contributed by atoms with van der Waals surface area (Å²) in [6.07, 6.45) is 0. The molecule has 2 aromatic carbocycles. The molecule has 0 bridgehead atoms. The molecule has 2 rings (SSSR count). The van der Waals surface area contributed by atoms with Gasteiger partial charge < -0.3 is 19.5 Å². The van der Waals surface area contributed by atoms with Crippen LogP contribution in [-0.2, 0) is 9.53 Å². The zero-order chi connectivity index (χ0) is 18.1. The zero-order valence-corrected chi connectivity index (χ0v) is 15.3. The maximum absolute atomic E-state index is 11.9. The molecule has 0 aliphatic heterocycles. The summed E-state index contributed by atoms with van der Waals surface area (Å²) in [6.45, 7) is 3.48. The van der Waals surface area contributed by atoms with Crippen LogP contribution in [0.4, 0.5) is 5.69 Å². The Balaban J connectivity index is 1.78. The molecule has 7 heteroatoms. The lowest BCUT2D eigenvalue weighted by Crippen LogP contribution is -2.20. The monoisotopic (exact) mass is 383 g/mol. The normalized spacial score (nSPS) is 10.4. The van der Waals surface area contributed by atoms with Gasteiger partial charge in [-0.05, 0) is 43.3 Å². The fraction of sp³-hybridized carbons (Fsp3) is 0.278. The van der Waals surface area contributed by atoms with E-state index in [1.165, 1.54) is 0 Å². The van der Waals surface area contributed by atoms with Crippen molar-refractivity contribution in [2.75, 3.05) is 31.7 Å². The van der Waals surface area contributed by atoms with E-state index in [4.69, 9.17) is 37.4 Å². The number of hydrogen-bond acceptors (Lipinski definition) is 4. The van der Waals surface area contributed by atoms with Crippen LogP contribution in [0.5, 0.6) is 11.5 Å². The minimum atomic E-state index is -0.332. The molecular formula is C18H19Cl2NO4. The van der Waals surface area contributed by atoms with Gasteiger partial charge in [0, 0.05) is 6.61 Å². The molecule has 0 radical (unpaired) electrons. The van der Waals surface area contributed by atoms with E-state index in [0.717, 1.165) is 0 Å². The second-order valence-corrected chi connectivity index (χ2v) is 5.74. The van der Waals surface area contributed by atoms with Crippen molar-refractivity contribution in [3.8, 4) is 11.5 Å². The Morgan fingerprint density at radius 3 is 2.36 bits per heavy atom. The van der Waals surface area contributed by atoms with Crippen molar-refractivity contribution in [2.24, 2.45) is 0 Å². The molecule has 0 aliphatic carbocycles. The molecule has 134 valence electrons. The number of rotatable bonds is 9. The van der Waals surface area contributed by atoms with E-state index in [0.29, 0.717) is 47.1 Å². The number of nitrogens with one attached hydrogen (secondary N) is 1. The van der Waals surface area contributed by atoms with Gasteiger partial charge in [0.25, 0.3) is 5.91 Å². The lowest BCUT2D eigenvalue weighted by atomic mass is 10.3. The highest BCUT2D eigenvalue weighted by molar-refractivity contribution is 6.43. The standard InChI is InChI=1S/C18H19Cl2NO4/c1-2-23-10-11-24-13-6-8-14(9-7-13)25-12-17(22)21-16-5-3-4-15(19)18(16)20/h3-9H,2,10-12H2,1H3,(H,21,22). The molecule has 0 saturated heterocycles. The van der Waals surface area contributed by atoms with E-state index < -0.39 is 0 Å². The SMILES string of the molecule is CCOCCOc1ccc(OCC(=O)Nc2cccc(Cl)c2Cl)cc1. The quantitative estimate of drug-likeness (QED) is 0.650. The van der Waals surface area contributed by atoms with Gasteiger partial charge in [0.2, 0.25) is 0 Å². The highest BCUT2D eigenvalue weighted by Gasteiger charge is 2.09. The van der Waals surface area contributed by atoms with E-state index in [-0.39, 0.29) is 12.5 Å². The summed E-state index contributed by atoms with van der Waals surface area (Å²) in [5.74, 6) is 0.938. The van der Waals surface area contributed by atoms with Crippen LogP contribution in [0, 0.1) is 0 Å². The fourth-order valence-corrected chi connectivity index (χ4v) is 2.28. The molecule has 0 spiro atoms. The van der Waals surface area contributed by atoms with Gasteiger partial charge in [0.1, 0.15) is 18.1 Å². The third-order valence-corrected chi connectivity index (χ3v) is 3.94. The fourth-order valence-electron chi connectivity index (χ4n) is 1.93.